The number of carboxylic acids is 1. The van der Waals surface area contributed by atoms with Crippen LogP contribution < -0.4 is 16.0 Å². The minimum absolute atomic E-state index is 0.0132. The zero-order chi connectivity index (χ0) is 30.4. The molecule has 2 aromatic carbocycles. The molecule has 1 aliphatic carbocycles. The first-order chi connectivity index (χ1) is 21.0. The summed E-state index contributed by atoms with van der Waals surface area (Å²) >= 11 is 0. The third kappa shape index (κ3) is 9.30. The fourth-order valence-corrected chi connectivity index (χ4v) is 6.19. The highest BCUT2D eigenvalue weighted by Gasteiger charge is 2.43. The van der Waals surface area contributed by atoms with E-state index in [9.17, 15) is 24.3 Å². The third-order valence-electron chi connectivity index (χ3n) is 8.43. The van der Waals surface area contributed by atoms with Gasteiger partial charge < -0.3 is 25.8 Å². The van der Waals surface area contributed by atoms with Crippen LogP contribution in [0.5, 0.6) is 0 Å². The molecule has 4 rings (SSSR count). The number of amides is 3. The maximum atomic E-state index is 13.1. The number of alkyl carbamates (subject to hydrolysis) is 1. The Morgan fingerprint density at radius 3 is 1.67 bits per heavy atom. The second-order valence-corrected chi connectivity index (χ2v) is 11.6. The summed E-state index contributed by atoms with van der Waals surface area (Å²) in [5.41, 5.74) is 3.98. The Morgan fingerprint density at radius 1 is 0.651 bits per heavy atom. The van der Waals surface area contributed by atoms with Gasteiger partial charge in [-0.2, -0.15) is 0 Å². The number of aliphatic carboxylic acids is 1. The van der Waals surface area contributed by atoms with Crippen LogP contribution in [0.25, 0.3) is 11.1 Å². The smallest absolute Gasteiger partial charge is 0.407 e. The standard InChI is InChI=1S/C34H45N3O6/c38-29-19-5-2-12-22-36-30(39)20-6-3-13-23-37-34(42)43-32(28(33(40)41)18-4-1-11-21-35-29)31-26-16-9-7-14-24(26)25-15-8-10-17-27(25)31/h7-10,14-17,28,31-32H,1-6,11-13,18-23H2,(H,35,38)(H,36,39)(H,37,42)(H,40,41). The largest absolute Gasteiger partial charge is 0.481 e. The van der Waals surface area contributed by atoms with Gasteiger partial charge in [-0.1, -0.05) is 74.2 Å². The maximum absolute atomic E-state index is 13.1. The quantitative estimate of drug-likeness (QED) is 0.363. The van der Waals surface area contributed by atoms with E-state index >= 15 is 0 Å². The summed E-state index contributed by atoms with van der Waals surface area (Å²) in [7, 11) is 0. The molecule has 2 aromatic rings. The second-order valence-electron chi connectivity index (χ2n) is 11.6. The van der Waals surface area contributed by atoms with Crippen molar-refractivity contribution < 1.29 is 29.0 Å². The molecule has 0 spiro atoms. The van der Waals surface area contributed by atoms with Gasteiger partial charge >= 0.3 is 12.1 Å². The molecule has 2 unspecified atom stereocenters. The number of hydrogen-bond acceptors (Lipinski definition) is 5. The average Bonchev–Trinajstić information content (AvgIpc) is 3.33. The number of carbonyl (C=O) groups excluding carboxylic acids is 3. The van der Waals surface area contributed by atoms with Crippen molar-refractivity contribution in [1.82, 2.24) is 16.0 Å². The second kappa shape index (κ2) is 16.7. The average molecular weight is 592 g/mol. The Hall–Kier alpha value is -3.88. The Kier molecular flexibility index (Phi) is 12.4. The predicted octanol–water partition coefficient (Wildman–Crippen LogP) is 5.52. The summed E-state index contributed by atoms with van der Waals surface area (Å²) in [5, 5.41) is 19.1. The Labute approximate surface area is 254 Å². The number of hydrogen-bond donors (Lipinski definition) is 4. The van der Waals surface area contributed by atoms with Crippen LogP contribution in [0.2, 0.25) is 0 Å². The lowest BCUT2D eigenvalue weighted by molar-refractivity contribution is -0.146. The molecule has 232 valence electrons. The molecule has 4 N–H and O–H groups in total. The number of fused-ring (bicyclic) bond motifs is 3. The Bertz CT molecular complexity index is 1200. The molecular formula is C34H45N3O6. The molecule has 1 saturated heterocycles. The van der Waals surface area contributed by atoms with E-state index in [0.717, 1.165) is 60.8 Å². The summed E-state index contributed by atoms with van der Waals surface area (Å²) in [5.74, 6) is -2.28. The molecule has 1 fully saturated rings. The molecule has 0 bridgehead atoms. The normalized spacial score (nSPS) is 22.5. The summed E-state index contributed by atoms with van der Waals surface area (Å²) in [4.78, 5) is 50.1. The van der Waals surface area contributed by atoms with Gasteiger partial charge in [-0.05, 0) is 60.8 Å². The molecule has 1 aliphatic heterocycles. The molecule has 1 heterocycles. The lowest BCUT2D eigenvalue weighted by Crippen LogP contribution is -2.40. The van der Waals surface area contributed by atoms with Gasteiger partial charge in [-0.3, -0.25) is 14.4 Å². The minimum atomic E-state index is -0.993. The minimum Gasteiger partial charge on any atom is -0.481 e. The lowest BCUT2D eigenvalue weighted by Gasteiger charge is -2.30. The van der Waals surface area contributed by atoms with Crippen molar-refractivity contribution in [2.75, 3.05) is 19.6 Å². The van der Waals surface area contributed by atoms with Crippen molar-refractivity contribution in [2.45, 2.75) is 89.1 Å². The molecular weight excluding hydrogens is 546 g/mol. The summed E-state index contributed by atoms with van der Waals surface area (Å²) < 4.78 is 6.04. The fraction of sp³-hybridized carbons (Fsp3) is 0.529. The molecule has 0 saturated carbocycles. The number of carboxylic acid groups (broad SMARTS) is 1. The summed E-state index contributed by atoms with van der Waals surface area (Å²) in [6.45, 7) is 1.54. The van der Waals surface area contributed by atoms with Crippen LogP contribution in [-0.4, -0.2) is 54.7 Å². The van der Waals surface area contributed by atoms with Crippen LogP contribution in [0, 0.1) is 5.92 Å². The van der Waals surface area contributed by atoms with E-state index in [4.69, 9.17) is 4.74 Å². The lowest BCUT2D eigenvalue weighted by atomic mass is 9.81. The van der Waals surface area contributed by atoms with Crippen molar-refractivity contribution in [2.24, 2.45) is 5.92 Å². The number of benzene rings is 2. The van der Waals surface area contributed by atoms with Gasteiger partial charge in [0.25, 0.3) is 0 Å². The SMILES string of the molecule is O=C1CCCCCNC(=O)CCCCCNC(=O)OC(C2c3ccccc3-c3ccccc32)C(C(=O)O)CCCCCN1. The van der Waals surface area contributed by atoms with E-state index in [1.807, 2.05) is 48.5 Å². The molecule has 2 atom stereocenters. The van der Waals surface area contributed by atoms with Gasteiger partial charge in [0.1, 0.15) is 6.10 Å². The third-order valence-corrected chi connectivity index (χ3v) is 8.43. The van der Waals surface area contributed by atoms with Crippen molar-refractivity contribution in [3.8, 4) is 11.1 Å². The van der Waals surface area contributed by atoms with Crippen molar-refractivity contribution in [3.05, 3.63) is 59.7 Å². The predicted molar refractivity (Wildman–Crippen MR) is 165 cm³/mol. The van der Waals surface area contributed by atoms with Crippen LogP contribution in [0.3, 0.4) is 0 Å². The Morgan fingerprint density at radius 2 is 1.14 bits per heavy atom. The molecule has 9 heteroatoms. The van der Waals surface area contributed by atoms with Crippen molar-refractivity contribution in [3.63, 3.8) is 0 Å². The van der Waals surface area contributed by atoms with E-state index in [0.29, 0.717) is 58.2 Å². The highest BCUT2D eigenvalue weighted by Crippen LogP contribution is 2.48. The number of ether oxygens (including phenoxy) is 1. The number of nitrogens with one attached hydrogen (secondary N) is 3. The van der Waals surface area contributed by atoms with E-state index in [-0.39, 0.29) is 11.8 Å². The van der Waals surface area contributed by atoms with Crippen LogP contribution in [0.15, 0.2) is 48.5 Å². The summed E-state index contributed by atoms with van der Waals surface area (Å²) in [6, 6.07) is 15.8. The molecule has 0 aromatic heterocycles. The number of carbonyl (C=O) groups is 4. The zero-order valence-electron chi connectivity index (χ0n) is 24.9. The monoisotopic (exact) mass is 591 g/mol. The topological polar surface area (TPSA) is 134 Å². The first kappa shape index (κ1) is 32.0. The number of cyclic esters (lactones) is 1. The van der Waals surface area contributed by atoms with Gasteiger partial charge in [-0.25, -0.2) is 4.79 Å². The van der Waals surface area contributed by atoms with E-state index < -0.39 is 30.0 Å². The Balaban J connectivity index is 1.49. The molecule has 3 amide bonds. The first-order valence-corrected chi connectivity index (χ1v) is 15.8. The van der Waals surface area contributed by atoms with Gasteiger partial charge in [0.15, 0.2) is 0 Å². The van der Waals surface area contributed by atoms with E-state index in [1.54, 1.807) is 0 Å². The van der Waals surface area contributed by atoms with E-state index in [1.165, 1.54) is 0 Å². The van der Waals surface area contributed by atoms with Crippen molar-refractivity contribution in [1.29, 1.82) is 0 Å². The molecule has 9 nitrogen and oxygen atoms in total. The maximum Gasteiger partial charge on any atom is 0.407 e. The van der Waals surface area contributed by atoms with Gasteiger partial charge in [-0.15, -0.1) is 0 Å². The molecule has 2 aliphatic rings. The summed E-state index contributed by atoms with van der Waals surface area (Å²) in [6.07, 6.45) is 6.49. The van der Waals surface area contributed by atoms with Crippen LogP contribution in [-0.2, 0) is 19.1 Å². The number of rotatable bonds is 2. The van der Waals surface area contributed by atoms with E-state index in [2.05, 4.69) is 16.0 Å². The van der Waals surface area contributed by atoms with Gasteiger partial charge in [0, 0.05) is 38.4 Å². The first-order valence-electron chi connectivity index (χ1n) is 15.8. The molecule has 0 radical (unpaired) electrons. The highest BCUT2D eigenvalue weighted by molar-refractivity contribution is 5.81. The van der Waals surface area contributed by atoms with Gasteiger partial charge in [0.2, 0.25) is 11.8 Å². The fourth-order valence-electron chi connectivity index (χ4n) is 6.19. The highest BCUT2D eigenvalue weighted by atomic mass is 16.6. The molecule has 43 heavy (non-hydrogen) atoms. The van der Waals surface area contributed by atoms with Gasteiger partial charge in [0.05, 0.1) is 5.92 Å². The van der Waals surface area contributed by atoms with Crippen LogP contribution >= 0.6 is 0 Å². The zero-order valence-corrected chi connectivity index (χ0v) is 24.9. The van der Waals surface area contributed by atoms with Crippen molar-refractivity contribution >= 4 is 23.9 Å². The van der Waals surface area contributed by atoms with Crippen LogP contribution in [0.4, 0.5) is 4.79 Å². The van der Waals surface area contributed by atoms with Crippen LogP contribution in [0.1, 0.15) is 94.1 Å².